The number of benzene rings is 3. The van der Waals surface area contributed by atoms with E-state index in [4.69, 9.17) is 18.9 Å². The SMILES string of the molecule is CC(C)(c1ccc(N(CC2CO2)CC2CO2)cc1)c1ccccc1C(C)(C)c1ccc(N(CC2CO2)CC2CO2)cc1. The Bertz CT molecular complexity index is 1240. The van der Waals surface area contributed by atoms with Gasteiger partial charge in [0.05, 0.1) is 50.8 Å². The molecule has 0 spiro atoms. The molecule has 4 fully saturated rings. The van der Waals surface area contributed by atoms with Crippen molar-refractivity contribution in [2.75, 3.05) is 62.4 Å². The molecule has 3 aromatic rings. The van der Waals surface area contributed by atoms with Crippen molar-refractivity contribution in [1.29, 1.82) is 0 Å². The Morgan fingerprint density at radius 2 is 0.786 bits per heavy atom. The van der Waals surface area contributed by atoms with Gasteiger partial charge in [-0.25, -0.2) is 0 Å². The van der Waals surface area contributed by atoms with Gasteiger partial charge in [0.2, 0.25) is 0 Å². The van der Waals surface area contributed by atoms with Crippen LogP contribution in [0.4, 0.5) is 11.4 Å². The third-order valence-electron chi connectivity index (χ3n) is 9.49. The molecular formula is C36H44N2O4. The van der Waals surface area contributed by atoms with Crippen molar-refractivity contribution in [3.05, 3.63) is 95.1 Å². The van der Waals surface area contributed by atoms with Crippen molar-refractivity contribution in [2.24, 2.45) is 0 Å². The Hall–Kier alpha value is -2.90. The van der Waals surface area contributed by atoms with Gasteiger partial charge in [-0.15, -0.1) is 0 Å². The Morgan fingerprint density at radius 3 is 1.05 bits per heavy atom. The Balaban J connectivity index is 1.13. The molecule has 222 valence electrons. The van der Waals surface area contributed by atoms with Crippen LogP contribution in [0.1, 0.15) is 49.9 Å². The maximum atomic E-state index is 5.54. The summed E-state index contributed by atoms with van der Waals surface area (Å²) < 4.78 is 22.2. The summed E-state index contributed by atoms with van der Waals surface area (Å²) in [6.45, 7) is 16.6. The van der Waals surface area contributed by atoms with E-state index >= 15 is 0 Å². The normalized spacial score (nSPS) is 24.3. The molecule has 4 saturated heterocycles. The van der Waals surface area contributed by atoms with Crippen LogP contribution in [0, 0.1) is 0 Å². The van der Waals surface area contributed by atoms with Gasteiger partial charge in [0.15, 0.2) is 0 Å². The van der Waals surface area contributed by atoms with E-state index in [1.165, 1.54) is 33.6 Å². The Labute approximate surface area is 250 Å². The molecule has 3 aromatic carbocycles. The van der Waals surface area contributed by atoms with Crippen molar-refractivity contribution in [2.45, 2.75) is 62.9 Å². The molecule has 7 rings (SSSR count). The maximum Gasteiger partial charge on any atom is 0.0984 e. The first-order chi connectivity index (χ1) is 20.3. The van der Waals surface area contributed by atoms with E-state index in [9.17, 15) is 0 Å². The second-order valence-electron chi connectivity index (χ2n) is 13.5. The molecule has 0 saturated carbocycles. The minimum Gasteiger partial charge on any atom is -0.371 e. The van der Waals surface area contributed by atoms with Crippen molar-refractivity contribution in [1.82, 2.24) is 0 Å². The number of ether oxygens (including phenoxy) is 4. The summed E-state index contributed by atoms with van der Waals surface area (Å²) in [6.07, 6.45) is 1.41. The average Bonchev–Trinajstić information content (AvgIpc) is 3.82. The van der Waals surface area contributed by atoms with Crippen LogP contribution in [-0.2, 0) is 29.8 Å². The summed E-state index contributed by atoms with van der Waals surface area (Å²) in [5.41, 5.74) is 7.50. The third kappa shape index (κ3) is 6.23. The lowest BCUT2D eigenvalue weighted by Gasteiger charge is -2.36. The predicted octanol–water partition coefficient (Wildman–Crippen LogP) is 5.55. The van der Waals surface area contributed by atoms with E-state index in [1.807, 2.05) is 0 Å². The molecule has 0 N–H and O–H groups in total. The third-order valence-corrected chi connectivity index (χ3v) is 9.49. The van der Waals surface area contributed by atoms with E-state index in [1.54, 1.807) is 0 Å². The quantitative estimate of drug-likeness (QED) is 0.238. The number of hydrogen-bond acceptors (Lipinski definition) is 6. The van der Waals surface area contributed by atoms with Crippen LogP contribution in [0.2, 0.25) is 0 Å². The lowest BCUT2D eigenvalue weighted by Crippen LogP contribution is -2.32. The molecular weight excluding hydrogens is 524 g/mol. The molecule has 0 amide bonds. The fourth-order valence-electron chi connectivity index (χ4n) is 6.31. The topological polar surface area (TPSA) is 56.6 Å². The highest BCUT2D eigenvalue weighted by molar-refractivity contribution is 5.55. The van der Waals surface area contributed by atoms with Gasteiger partial charge in [0, 0.05) is 48.4 Å². The van der Waals surface area contributed by atoms with Crippen molar-refractivity contribution < 1.29 is 18.9 Å². The van der Waals surface area contributed by atoms with Gasteiger partial charge in [-0.1, -0.05) is 76.2 Å². The van der Waals surface area contributed by atoms with Crippen LogP contribution in [0.3, 0.4) is 0 Å². The van der Waals surface area contributed by atoms with Crippen LogP contribution < -0.4 is 9.80 Å². The van der Waals surface area contributed by atoms with Crippen LogP contribution in [0.25, 0.3) is 0 Å². The molecule has 4 aliphatic heterocycles. The number of nitrogens with zero attached hydrogens (tertiary/aromatic N) is 2. The Kier molecular flexibility index (Phi) is 7.30. The molecule has 0 aliphatic carbocycles. The average molecular weight is 569 g/mol. The molecule has 4 heterocycles. The van der Waals surface area contributed by atoms with Gasteiger partial charge in [-0.05, 0) is 46.5 Å². The van der Waals surface area contributed by atoms with Gasteiger partial charge in [-0.2, -0.15) is 0 Å². The van der Waals surface area contributed by atoms with E-state index in [-0.39, 0.29) is 10.8 Å². The molecule has 6 heteroatoms. The maximum absolute atomic E-state index is 5.54. The fraction of sp³-hybridized carbons (Fsp3) is 0.500. The highest BCUT2D eigenvalue weighted by atomic mass is 16.6. The van der Waals surface area contributed by atoms with E-state index < -0.39 is 0 Å². The molecule has 0 radical (unpaired) electrons. The van der Waals surface area contributed by atoms with E-state index in [2.05, 4.69) is 110 Å². The summed E-state index contributed by atoms with van der Waals surface area (Å²) in [6, 6.07) is 27.3. The summed E-state index contributed by atoms with van der Waals surface area (Å²) in [5.74, 6) is 0. The van der Waals surface area contributed by atoms with E-state index in [0.29, 0.717) is 24.4 Å². The summed E-state index contributed by atoms with van der Waals surface area (Å²) >= 11 is 0. The van der Waals surface area contributed by atoms with Crippen molar-refractivity contribution in [3.8, 4) is 0 Å². The predicted molar refractivity (Wildman–Crippen MR) is 167 cm³/mol. The standard InChI is InChI=1S/C36H44N2O4/c1-35(2,25-9-13-27(14-10-25)37(17-29-21-39-29)18-30-22-40-30)33-7-5-6-8-34(33)36(3,4)26-11-15-28(16-12-26)38(19-31-23-41-31)20-32-24-42-32/h5-16,29-32H,17-24H2,1-4H3. The van der Waals surface area contributed by atoms with Gasteiger partial charge >= 0.3 is 0 Å². The molecule has 42 heavy (non-hydrogen) atoms. The summed E-state index contributed by atoms with van der Waals surface area (Å²) in [5, 5.41) is 0. The zero-order chi connectivity index (χ0) is 28.9. The monoisotopic (exact) mass is 568 g/mol. The second kappa shape index (κ2) is 11.0. The zero-order valence-electron chi connectivity index (χ0n) is 25.4. The minimum absolute atomic E-state index is 0.165. The molecule has 0 aromatic heterocycles. The van der Waals surface area contributed by atoms with Crippen molar-refractivity contribution >= 4 is 11.4 Å². The second-order valence-corrected chi connectivity index (χ2v) is 13.5. The minimum atomic E-state index is -0.165. The molecule has 6 nitrogen and oxygen atoms in total. The highest BCUT2D eigenvalue weighted by Crippen LogP contribution is 2.42. The van der Waals surface area contributed by atoms with Gasteiger partial charge in [-0.3, -0.25) is 0 Å². The van der Waals surface area contributed by atoms with Crippen LogP contribution >= 0.6 is 0 Å². The molecule has 4 aliphatic rings. The lowest BCUT2D eigenvalue weighted by atomic mass is 9.68. The highest BCUT2D eigenvalue weighted by Gasteiger charge is 2.35. The van der Waals surface area contributed by atoms with Gasteiger partial charge in [0.25, 0.3) is 0 Å². The van der Waals surface area contributed by atoms with Gasteiger partial charge in [0.1, 0.15) is 0 Å². The van der Waals surface area contributed by atoms with E-state index in [0.717, 1.165) is 52.6 Å². The first-order valence-corrected chi connectivity index (χ1v) is 15.5. The smallest absolute Gasteiger partial charge is 0.0984 e. The number of hydrogen-bond donors (Lipinski definition) is 0. The molecule has 4 unspecified atom stereocenters. The van der Waals surface area contributed by atoms with Crippen molar-refractivity contribution in [3.63, 3.8) is 0 Å². The first kappa shape index (κ1) is 27.9. The molecule has 4 atom stereocenters. The first-order valence-electron chi connectivity index (χ1n) is 15.5. The van der Waals surface area contributed by atoms with Gasteiger partial charge < -0.3 is 28.7 Å². The fourth-order valence-corrected chi connectivity index (χ4v) is 6.31. The number of anilines is 2. The lowest BCUT2D eigenvalue weighted by molar-refractivity contribution is 0.388. The number of rotatable bonds is 14. The Morgan fingerprint density at radius 1 is 0.500 bits per heavy atom. The largest absolute Gasteiger partial charge is 0.371 e. The van der Waals surface area contributed by atoms with Crippen LogP contribution in [0.15, 0.2) is 72.8 Å². The van der Waals surface area contributed by atoms with Crippen LogP contribution in [-0.4, -0.2) is 77.0 Å². The summed E-state index contributed by atoms with van der Waals surface area (Å²) in [7, 11) is 0. The van der Waals surface area contributed by atoms with Crippen LogP contribution in [0.5, 0.6) is 0 Å². The molecule has 0 bridgehead atoms. The zero-order valence-corrected chi connectivity index (χ0v) is 25.4. The summed E-state index contributed by atoms with van der Waals surface area (Å²) in [4.78, 5) is 4.84. The number of epoxide rings is 4.